The van der Waals surface area contributed by atoms with Crippen LogP contribution < -0.4 is 5.32 Å². The Labute approximate surface area is 130 Å². The van der Waals surface area contributed by atoms with Crippen molar-refractivity contribution in [1.82, 2.24) is 15.1 Å². The van der Waals surface area contributed by atoms with E-state index in [2.05, 4.69) is 49.0 Å². The standard InChI is InChI=1S/C18H33N3/c1-5-17-11-18(21(4)20-17)10-16(13-19-12-14(2)3)15-8-6-7-9-15/h11,14-16,19H,5-10,12-13H2,1-4H3. The monoisotopic (exact) mass is 291 g/mol. The van der Waals surface area contributed by atoms with E-state index in [1.807, 2.05) is 0 Å². The van der Waals surface area contributed by atoms with Gasteiger partial charge in [-0.2, -0.15) is 5.10 Å². The van der Waals surface area contributed by atoms with E-state index in [1.165, 1.54) is 43.5 Å². The molecule has 0 amide bonds. The predicted molar refractivity (Wildman–Crippen MR) is 89.4 cm³/mol. The molecule has 1 atom stereocenters. The van der Waals surface area contributed by atoms with Crippen LogP contribution in [0, 0.1) is 17.8 Å². The van der Waals surface area contributed by atoms with Crippen LogP contribution in [-0.4, -0.2) is 22.9 Å². The van der Waals surface area contributed by atoms with Crippen LogP contribution in [0.2, 0.25) is 0 Å². The smallest absolute Gasteiger partial charge is 0.0624 e. The van der Waals surface area contributed by atoms with Crippen molar-refractivity contribution in [2.45, 2.75) is 59.3 Å². The van der Waals surface area contributed by atoms with Gasteiger partial charge < -0.3 is 5.32 Å². The van der Waals surface area contributed by atoms with Crippen molar-refractivity contribution >= 4 is 0 Å². The van der Waals surface area contributed by atoms with E-state index in [0.717, 1.165) is 37.3 Å². The van der Waals surface area contributed by atoms with Crippen LogP contribution in [0.25, 0.3) is 0 Å². The Bertz CT molecular complexity index is 416. The van der Waals surface area contributed by atoms with Crippen LogP contribution >= 0.6 is 0 Å². The van der Waals surface area contributed by atoms with E-state index >= 15 is 0 Å². The number of aromatic nitrogens is 2. The maximum absolute atomic E-state index is 4.61. The van der Waals surface area contributed by atoms with Crippen molar-refractivity contribution in [3.63, 3.8) is 0 Å². The third kappa shape index (κ3) is 4.84. The average molecular weight is 291 g/mol. The fraction of sp³-hybridized carbons (Fsp3) is 0.833. The molecular weight excluding hydrogens is 258 g/mol. The number of hydrogen-bond acceptors (Lipinski definition) is 2. The summed E-state index contributed by atoms with van der Waals surface area (Å²) < 4.78 is 2.10. The fourth-order valence-corrected chi connectivity index (χ4v) is 3.60. The molecule has 0 spiro atoms. The van der Waals surface area contributed by atoms with Gasteiger partial charge in [0.05, 0.1) is 5.69 Å². The quantitative estimate of drug-likeness (QED) is 0.793. The number of nitrogens with one attached hydrogen (secondary N) is 1. The molecule has 1 fully saturated rings. The first-order valence-electron chi connectivity index (χ1n) is 8.82. The van der Waals surface area contributed by atoms with Crippen LogP contribution in [0.3, 0.4) is 0 Å². The van der Waals surface area contributed by atoms with Gasteiger partial charge in [-0.15, -0.1) is 0 Å². The number of aryl methyl sites for hydroxylation is 2. The van der Waals surface area contributed by atoms with Gasteiger partial charge in [-0.25, -0.2) is 0 Å². The van der Waals surface area contributed by atoms with Crippen molar-refractivity contribution in [3.8, 4) is 0 Å². The van der Waals surface area contributed by atoms with Crippen LogP contribution in [0.1, 0.15) is 57.8 Å². The Kier molecular flexibility index (Phi) is 6.28. The molecule has 1 N–H and O–H groups in total. The molecule has 0 bridgehead atoms. The summed E-state index contributed by atoms with van der Waals surface area (Å²) in [6.07, 6.45) is 7.92. The summed E-state index contributed by atoms with van der Waals surface area (Å²) >= 11 is 0. The number of rotatable bonds is 8. The molecule has 0 radical (unpaired) electrons. The van der Waals surface area contributed by atoms with Gasteiger partial charge in [-0.3, -0.25) is 4.68 Å². The summed E-state index contributed by atoms with van der Waals surface area (Å²) in [6.45, 7) is 9.05. The zero-order valence-corrected chi connectivity index (χ0v) is 14.4. The molecule has 1 aromatic heterocycles. The maximum atomic E-state index is 4.61. The van der Waals surface area contributed by atoms with Crippen molar-refractivity contribution in [2.24, 2.45) is 24.8 Å². The summed E-state index contributed by atoms with van der Waals surface area (Å²) in [7, 11) is 2.10. The summed E-state index contributed by atoms with van der Waals surface area (Å²) in [5, 5.41) is 8.31. The highest BCUT2D eigenvalue weighted by atomic mass is 15.3. The van der Waals surface area contributed by atoms with Gasteiger partial charge in [0.15, 0.2) is 0 Å². The Hall–Kier alpha value is -0.830. The molecular formula is C18H33N3. The number of nitrogens with zero attached hydrogens (tertiary/aromatic N) is 2. The highest BCUT2D eigenvalue weighted by molar-refractivity contribution is 5.11. The Balaban J connectivity index is 1.98. The average Bonchev–Trinajstić information content (AvgIpc) is 3.07. The molecule has 3 heteroatoms. The highest BCUT2D eigenvalue weighted by Gasteiger charge is 2.26. The largest absolute Gasteiger partial charge is 0.316 e. The summed E-state index contributed by atoms with van der Waals surface area (Å²) in [6, 6.07) is 2.31. The SMILES string of the molecule is CCc1cc(CC(CNCC(C)C)C2CCCC2)n(C)n1. The van der Waals surface area contributed by atoms with E-state index in [1.54, 1.807) is 0 Å². The first-order valence-corrected chi connectivity index (χ1v) is 8.82. The molecule has 1 saturated carbocycles. The molecule has 0 saturated heterocycles. The van der Waals surface area contributed by atoms with Crippen LogP contribution in [0.5, 0.6) is 0 Å². The number of hydrogen-bond donors (Lipinski definition) is 1. The predicted octanol–water partition coefficient (Wildman–Crippen LogP) is 3.58. The minimum absolute atomic E-state index is 0.734. The second kappa shape index (κ2) is 7.98. The van der Waals surface area contributed by atoms with E-state index in [0.29, 0.717) is 0 Å². The van der Waals surface area contributed by atoms with Gasteiger partial charge in [0.2, 0.25) is 0 Å². The van der Waals surface area contributed by atoms with Crippen LogP contribution in [0.15, 0.2) is 6.07 Å². The van der Waals surface area contributed by atoms with E-state index < -0.39 is 0 Å². The third-order valence-corrected chi connectivity index (χ3v) is 4.89. The van der Waals surface area contributed by atoms with Crippen LogP contribution in [-0.2, 0) is 19.9 Å². The normalized spacial score (nSPS) is 17.8. The molecule has 3 nitrogen and oxygen atoms in total. The van der Waals surface area contributed by atoms with Gasteiger partial charge in [-0.1, -0.05) is 46.5 Å². The topological polar surface area (TPSA) is 29.9 Å². The van der Waals surface area contributed by atoms with E-state index in [4.69, 9.17) is 0 Å². The van der Waals surface area contributed by atoms with E-state index in [9.17, 15) is 0 Å². The third-order valence-electron chi connectivity index (χ3n) is 4.89. The minimum atomic E-state index is 0.734. The summed E-state index contributed by atoms with van der Waals surface area (Å²) in [5.41, 5.74) is 2.64. The lowest BCUT2D eigenvalue weighted by Gasteiger charge is -2.24. The molecule has 2 rings (SSSR count). The molecule has 1 aromatic rings. The lowest BCUT2D eigenvalue weighted by atomic mass is 9.86. The molecule has 0 aromatic carbocycles. The van der Waals surface area contributed by atoms with Crippen LogP contribution in [0.4, 0.5) is 0 Å². The first-order chi connectivity index (χ1) is 10.1. The van der Waals surface area contributed by atoms with Crippen molar-refractivity contribution < 1.29 is 0 Å². The zero-order chi connectivity index (χ0) is 15.2. The lowest BCUT2D eigenvalue weighted by Crippen LogP contribution is -2.31. The molecule has 1 aliphatic rings. The Morgan fingerprint density at radius 2 is 2.00 bits per heavy atom. The molecule has 1 heterocycles. The first kappa shape index (κ1) is 16.5. The molecule has 1 unspecified atom stereocenters. The molecule has 21 heavy (non-hydrogen) atoms. The zero-order valence-electron chi connectivity index (χ0n) is 14.4. The van der Waals surface area contributed by atoms with Gasteiger partial charge >= 0.3 is 0 Å². The Morgan fingerprint density at radius 3 is 2.57 bits per heavy atom. The lowest BCUT2D eigenvalue weighted by molar-refractivity contribution is 0.311. The van der Waals surface area contributed by atoms with Gasteiger partial charge in [0.25, 0.3) is 0 Å². The van der Waals surface area contributed by atoms with Gasteiger partial charge in [-0.05, 0) is 49.8 Å². The van der Waals surface area contributed by atoms with E-state index in [-0.39, 0.29) is 0 Å². The van der Waals surface area contributed by atoms with Crippen molar-refractivity contribution in [3.05, 3.63) is 17.5 Å². The van der Waals surface area contributed by atoms with Crippen molar-refractivity contribution in [1.29, 1.82) is 0 Å². The second-order valence-electron chi connectivity index (χ2n) is 7.17. The maximum Gasteiger partial charge on any atom is 0.0624 e. The minimum Gasteiger partial charge on any atom is -0.316 e. The molecule has 0 aliphatic heterocycles. The summed E-state index contributed by atoms with van der Waals surface area (Å²) in [5.74, 6) is 2.41. The van der Waals surface area contributed by atoms with Crippen molar-refractivity contribution in [2.75, 3.05) is 13.1 Å². The molecule has 120 valence electrons. The fourth-order valence-electron chi connectivity index (χ4n) is 3.60. The second-order valence-corrected chi connectivity index (χ2v) is 7.17. The highest BCUT2D eigenvalue weighted by Crippen LogP contribution is 2.33. The Morgan fingerprint density at radius 1 is 1.29 bits per heavy atom. The van der Waals surface area contributed by atoms with Gasteiger partial charge in [0.1, 0.15) is 0 Å². The molecule has 1 aliphatic carbocycles. The summed E-state index contributed by atoms with van der Waals surface area (Å²) in [4.78, 5) is 0. The van der Waals surface area contributed by atoms with Gasteiger partial charge in [0, 0.05) is 12.7 Å².